The zero-order valence-electron chi connectivity index (χ0n) is 10.2. The number of hydrogen-bond donors (Lipinski definition) is 0. The molecule has 1 aromatic rings. The molecular formula is C13H13F5O. The van der Waals surface area contributed by atoms with Crippen LogP contribution in [0.2, 0.25) is 0 Å². The molecule has 0 spiro atoms. The van der Waals surface area contributed by atoms with E-state index in [4.69, 9.17) is 0 Å². The van der Waals surface area contributed by atoms with Gasteiger partial charge in [-0.2, -0.15) is 13.2 Å². The van der Waals surface area contributed by atoms with Crippen LogP contribution in [-0.4, -0.2) is 18.9 Å². The van der Waals surface area contributed by atoms with Crippen molar-refractivity contribution in [2.24, 2.45) is 0 Å². The van der Waals surface area contributed by atoms with Crippen molar-refractivity contribution in [1.29, 1.82) is 0 Å². The third kappa shape index (κ3) is 4.02. The van der Waals surface area contributed by atoms with Gasteiger partial charge in [0.25, 0.3) is 0 Å². The monoisotopic (exact) mass is 280 g/mol. The zero-order valence-corrected chi connectivity index (χ0v) is 10.2. The fourth-order valence-corrected chi connectivity index (χ4v) is 1.54. The third-order valence-corrected chi connectivity index (χ3v) is 2.57. The maximum Gasteiger partial charge on any atom is 0.418 e. The predicted octanol–water partition coefficient (Wildman–Crippen LogP) is 4.20. The van der Waals surface area contributed by atoms with E-state index in [0.717, 1.165) is 6.07 Å². The number of halogens is 5. The van der Waals surface area contributed by atoms with Gasteiger partial charge in [-0.05, 0) is 11.6 Å². The fraction of sp³-hybridized carbons (Fsp3) is 0.385. The number of ether oxygens (including phenoxy) is 1. The first-order valence-electron chi connectivity index (χ1n) is 5.52. The van der Waals surface area contributed by atoms with Gasteiger partial charge in [0.2, 0.25) is 0 Å². The van der Waals surface area contributed by atoms with E-state index >= 15 is 0 Å². The van der Waals surface area contributed by atoms with Gasteiger partial charge in [-0.1, -0.05) is 25.1 Å². The SMILES string of the molecule is C=CC(OCC(C)c1cccc(F)c1F)C(F)(F)F. The molecule has 2 unspecified atom stereocenters. The summed E-state index contributed by atoms with van der Waals surface area (Å²) in [5, 5.41) is 0. The van der Waals surface area contributed by atoms with E-state index in [1.54, 1.807) is 0 Å². The van der Waals surface area contributed by atoms with Gasteiger partial charge in [-0.3, -0.25) is 0 Å². The standard InChI is InChI=1S/C13H13F5O/c1-3-11(13(16,17)18)19-7-8(2)9-5-4-6-10(14)12(9)15/h3-6,8,11H,1,7H2,2H3. The molecule has 0 aliphatic heterocycles. The lowest BCUT2D eigenvalue weighted by molar-refractivity contribution is -0.204. The first-order chi connectivity index (χ1) is 8.77. The van der Waals surface area contributed by atoms with E-state index in [9.17, 15) is 22.0 Å². The van der Waals surface area contributed by atoms with Gasteiger partial charge in [0.05, 0.1) is 6.61 Å². The summed E-state index contributed by atoms with van der Waals surface area (Å²) in [5.74, 6) is -2.82. The Labute approximate surface area is 107 Å². The van der Waals surface area contributed by atoms with E-state index in [2.05, 4.69) is 11.3 Å². The molecular weight excluding hydrogens is 267 g/mol. The van der Waals surface area contributed by atoms with Crippen LogP contribution in [0.15, 0.2) is 30.9 Å². The highest BCUT2D eigenvalue weighted by molar-refractivity contribution is 5.22. The molecule has 2 atom stereocenters. The lowest BCUT2D eigenvalue weighted by atomic mass is 10.0. The van der Waals surface area contributed by atoms with Crippen molar-refractivity contribution in [2.45, 2.75) is 25.1 Å². The van der Waals surface area contributed by atoms with E-state index in [-0.39, 0.29) is 5.56 Å². The van der Waals surface area contributed by atoms with Gasteiger partial charge in [0, 0.05) is 5.92 Å². The lowest BCUT2D eigenvalue weighted by Gasteiger charge is -2.20. The summed E-state index contributed by atoms with van der Waals surface area (Å²) < 4.78 is 68.2. The summed E-state index contributed by atoms with van der Waals surface area (Å²) in [7, 11) is 0. The van der Waals surface area contributed by atoms with Crippen LogP contribution in [-0.2, 0) is 4.74 Å². The maximum absolute atomic E-state index is 13.4. The maximum atomic E-state index is 13.4. The van der Waals surface area contributed by atoms with Crippen LogP contribution in [0.4, 0.5) is 22.0 Å². The Bertz CT molecular complexity index is 441. The summed E-state index contributed by atoms with van der Waals surface area (Å²) in [6.07, 6.45) is -6.07. The van der Waals surface area contributed by atoms with Gasteiger partial charge >= 0.3 is 6.18 Å². The minimum Gasteiger partial charge on any atom is -0.364 e. The average Bonchev–Trinajstić information content (AvgIpc) is 2.31. The number of alkyl halides is 3. The molecule has 0 amide bonds. The highest BCUT2D eigenvalue weighted by atomic mass is 19.4. The van der Waals surface area contributed by atoms with Crippen molar-refractivity contribution in [1.82, 2.24) is 0 Å². The topological polar surface area (TPSA) is 9.23 Å². The second kappa shape index (κ2) is 6.14. The van der Waals surface area contributed by atoms with Gasteiger partial charge in [0.15, 0.2) is 17.7 Å². The Morgan fingerprint density at radius 1 is 1.32 bits per heavy atom. The Morgan fingerprint density at radius 2 is 1.95 bits per heavy atom. The summed E-state index contributed by atoms with van der Waals surface area (Å²) in [6, 6.07) is 3.54. The largest absolute Gasteiger partial charge is 0.418 e. The normalized spacial score (nSPS) is 15.1. The molecule has 1 rings (SSSR count). The molecule has 0 aromatic heterocycles. The van der Waals surface area contributed by atoms with Crippen LogP contribution in [0.5, 0.6) is 0 Å². The predicted molar refractivity (Wildman–Crippen MR) is 60.8 cm³/mol. The molecule has 0 saturated carbocycles. The smallest absolute Gasteiger partial charge is 0.364 e. The molecule has 0 N–H and O–H groups in total. The molecule has 6 heteroatoms. The fourth-order valence-electron chi connectivity index (χ4n) is 1.54. The quantitative estimate of drug-likeness (QED) is 0.580. The van der Waals surface area contributed by atoms with Crippen molar-refractivity contribution in [3.63, 3.8) is 0 Å². The van der Waals surface area contributed by atoms with Crippen molar-refractivity contribution in [3.8, 4) is 0 Å². The molecule has 0 fully saturated rings. The molecule has 106 valence electrons. The van der Waals surface area contributed by atoms with Crippen molar-refractivity contribution in [2.75, 3.05) is 6.61 Å². The molecule has 0 saturated heterocycles. The highest BCUT2D eigenvalue weighted by Crippen LogP contribution is 2.26. The second-order valence-electron chi connectivity index (χ2n) is 4.08. The minimum absolute atomic E-state index is 0.0232. The minimum atomic E-state index is -4.57. The molecule has 19 heavy (non-hydrogen) atoms. The van der Waals surface area contributed by atoms with Crippen LogP contribution in [0, 0.1) is 11.6 Å². The zero-order chi connectivity index (χ0) is 14.6. The van der Waals surface area contributed by atoms with Gasteiger partial charge in [-0.15, -0.1) is 6.58 Å². The number of hydrogen-bond acceptors (Lipinski definition) is 1. The van der Waals surface area contributed by atoms with Gasteiger partial charge < -0.3 is 4.74 Å². The molecule has 0 aliphatic carbocycles. The van der Waals surface area contributed by atoms with Crippen LogP contribution >= 0.6 is 0 Å². The Hall–Kier alpha value is -1.43. The summed E-state index contributed by atoms with van der Waals surface area (Å²) in [5.41, 5.74) is -0.0232. The van der Waals surface area contributed by atoms with Gasteiger partial charge in [0.1, 0.15) is 0 Å². The van der Waals surface area contributed by atoms with E-state index in [1.807, 2.05) is 0 Å². The molecule has 0 radical (unpaired) electrons. The van der Waals surface area contributed by atoms with E-state index < -0.39 is 36.4 Å². The lowest BCUT2D eigenvalue weighted by Crippen LogP contribution is -2.30. The third-order valence-electron chi connectivity index (χ3n) is 2.57. The highest BCUT2D eigenvalue weighted by Gasteiger charge is 2.38. The Morgan fingerprint density at radius 3 is 2.47 bits per heavy atom. The number of rotatable bonds is 5. The van der Waals surface area contributed by atoms with Crippen LogP contribution in [0.3, 0.4) is 0 Å². The Kier molecular flexibility index (Phi) is 5.05. The van der Waals surface area contributed by atoms with E-state index in [1.165, 1.54) is 19.1 Å². The van der Waals surface area contributed by atoms with Crippen molar-refractivity contribution in [3.05, 3.63) is 48.1 Å². The molecule has 1 nitrogen and oxygen atoms in total. The molecule has 0 aliphatic rings. The van der Waals surface area contributed by atoms with Crippen molar-refractivity contribution < 1.29 is 26.7 Å². The van der Waals surface area contributed by atoms with Crippen LogP contribution in [0.1, 0.15) is 18.4 Å². The second-order valence-corrected chi connectivity index (χ2v) is 4.08. The Balaban J connectivity index is 2.72. The van der Waals surface area contributed by atoms with Gasteiger partial charge in [-0.25, -0.2) is 8.78 Å². The first-order valence-corrected chi connectivity index (χ1v) is 5.52. The van der Waals surface area contributed by atoms with Crippen molar-refractivity contribution >= 4 is 0 Å². The number of benzene rings is 1. The van der Waals surface area contributed by atoms with Crippen LogP contribution in [0.25, 0.3) is 0 Å². The summed E-state index contributed by atoms with van der Waals surface area (Å²) in [4.78, 5) is 0. The van der Waals surface area contributed by atoms with Crippen LogP contribution < -0.4 is 0 Å². The summed E-state index contributed by atoms with van der Waals surface area (Å²) >= 11 is 0. The summed E-state index contributed by atoms with van der Waals surface area (Å²) in [6.45, 7) is 4.09. The average molecular weight is 280 g/mol. The molecule has 1 aromatic carbocycles. The van der Waals surface area contributed by atoms with E-state index in [0.29, 0.717) is 6.08 Å². The molecule has 0 heterocycles. The first kappa shape index (κ1) is 15.6. The molecule has 0 bridgehead atoms.